The van der Waals surface area contributed by atoms with Crippen molar-refractivity contribution < 1.29 is 9.47 Å². The van der Waals surface area contributed by atoms with Crippen LogP contribution in [0.4, 0.5) is 5.95 Å². The first-order chi connectivity index (χ1) is 14.7. The Morgan fingerprint density at radius 1 is 1.03 bits per heavy atom. The zero-order chi connectivity index (χ0) is 20.5. The van der Waals surface area contributed by atoms with Gasteiger partial charge in [0.05, 0.1) is 17.1 Å². The quantitative estimate of drug-likeness (QED) is 0.360. The van der Waals surface area contributed by atoms with E-state index in [2.05, 4.69) is 31.4 Å². The van der Waals surface area contributed by atoms with Crippen LogP contribution in [0.1, 0.15) is 5.56 Å². The summed E-state index contributed by atoms with van der Waals surface area (Å²) >= 11 is 3.51. The van der Waals surface area contributed by atoms with E-state index in [1.54, 1.807) is 12.3 Å². The van der Waals surface area contributed by atoms with Gasteiger partial charge in [-0.15, -0.1) is 0 Å². The number of hydrazone groups is 1. The summed E-state index contributed by atoms with van der Waals surface area (Å²) in [5.74, 6) is 1.66. The van der Waals surface area contributed by atoms with Crippen LogP contribution >= 0.6 is 15.9 Å². The number of ether oxygens (including phenoxy) is 2. The topological polar surface area (TPSA) is 77.7 Å². The summed E-state index contributed by atoms with van der Waals surface area (Å²) in [6.07, 6.45) is 1.63. The molecule has 0 saturated carbocycles. The van der Waals surface area contributed by atoms with Crippen molar-refractivity contribution in [2.24, 2.45) is 5.10 Å². The standard InChI is InChI=1S/C22H15BrN4O3/c23-17-11-20-19(29-13-30-20)10-14(17)12-24-26-22-25-21(28)16-8-4-5-9-18(16)27(22)15-6-2-1-3-7-15/h1-12H,13H2,(H,25,26,28)/b24-12-. The molecule has 1 aliphatic rings. The van der Waals surface area contributed by atoms with Crippen molar-refractivity contribution in [3.8, 4) is 17.2 Å². The largest absolute Gasteiger partial charge is 0.454 e. The predicted molar refractivity (Wildman–Crippen MR) is 119 cm³/mol. The first-order valence-corrected chi connectivity index (χ1v) is 9.95. The van der Waals surface area contributed by atoms with Crippen molar-refractivity contribution in [1.29, 1.82) is 0 Å². The van der Waals surface area contributed by atoms with E-state index in [1.807, 2.05) is 65.2 Å². The van der Waals surface area contributed by atoms with Crippen molar-refractivity contribution in [2.45, 2.75) is 0 Å². The molecule has 8 heteroatoms. The summed E-state index contributed by atoms with van der Waals surface area (Å²) in [5, 5.41) is 4.85. The number of nitrogens with one attached hydrogen (secondary N) is 1. The molecule has 1 aliphatic heterocycles. The van der Waals surface area contributed by atoms with E-state index < -0.39 is 0 Å². The molecule has 2 heterocycles. The van der Waals surface area contributed by atoms with Crippen LogP contribution < -0.4 is 20.5 Å². The fraction of sp³-hybridized carbons (Fsp3) is 0.0455. The highest BCUT2D eigenvalue weighted by molar-refractivity contribution is 9.10. The van der Waals surface area contributed by atoms with E-state index in [9.17, 15) is 4.79 Å². The Balaban J connectivity index is 1.57. The SMILES string of the molecule is O=c1nc(N/N=C\c2cc3c(cc2Br)OCO3)n(-c2ccccc2)c2ccccc12. The predicted octanol–water partition coefficient (Wildman–Crippen LogP) is 4.32. The minimum Gasteiger partial charge on any atom is -0.454 e. The molecule has 30 heavy (non-hydrogen) atoms. The van der Waals surface area contributed by atoms with Crippen LogP contribution in [0, 0.1) is 0 Å². The Hall–Kier alpha value is -3.65. The number of para-hydroxylation sites is 2. The molecule has 7 nitrogen and oxygen atoms in total. The van der Waals surface area contributed by atoms with Crippen LogP contribution in [0.15, 0.2) is 81.1 Å². The van der Waals surface area contributed by atoms with Gasteiger partial charge in [0.15, 0.2) is 11.5 Å². The van der Waals surface area contributed by atoms with Crippen molar-refractivity contribution in [2.75, 3.05) is 12.2 Å². The Kier molecular flexibility index (Phi) is 4.68. The number of hydrogen-bond donors (Lipinski definition) is 1. The number of fused-ring (bicyclic) bond motifs is 2. The van der Waals surface area contributed by atoms with Gasteiger partial charge in [0.2, 0.25) is 12.7 Å². The van der Waals surface area contributed by atoms with Crippen molar-refractivity contribution >= 4 is 39.0 Å². The molecular formula is C22H15BrN4O3. The fourth-order valence-electron chi connectivity index (χ4n) is 3.27. The Bertz CT molecular complexity index is 1340. The molecule has 0 saturated heterocycles. The number of benzene rings is 3. The second-order valence-corrected chi connectivity index (χ2v) is 7.38. The molecule has 0 amide bonds. The lowest BCUT2D eigenvalue weighted by Crippen LogP contribution is -2.16. The van der Waals surface area contributed by atoms with Gasteiger partial charge >= 0.3 is 0 Å². The molecule has 1 N–H and O–H groups in total. The van der Waals surface area contributed by atoms with Gasteiger partial charge in [-0.25, -0.2) is 5.43 Å². The van der Waals surface area contributed by atoms with E-state index >= 15 is 0 Å². The zero-order valence-electron chi connectivity index (χ0n) is 15.6. The normalized spacial score (nSPS) is 12.6. The smallest absolute Gasteiger partial charge is 0.282 e. The monoisotopic (exact) mass is 462 g/mol. The molecule has 148 valence electrons. The maximum absolute atomic E-state index is 12.5. The Morgan fingerprint density at radius 3 is 2.60 bits per heavy atom. The van der Waals surface area contributed by atoms with E-state index in [1.165, 1.54) is 0 Å². The molecule has 0 fully saturated rings. The number of rotatable bonds is 4. The van der Waals surface area contributed by atoms with E-state index in [0.717, 1.165) is 21.2 Å². The van der Waals surface area contributed by atoms with E-state index in [-0.39, 0.29) is 12.4 Å². The van der Waals surface area contributed by atoms with Gasteiger partial charge < -0.3 is 9.47 Å². The van der Waals surface area contributed by atoms with Crippen molar-refractivity contribution in [1.82, 2.24) is 9.55 Å². The highest BCUT2D eigenvalue weighted by Crippen LogP contribution is 2.36. The maximum atomic E-state index is 12.5. The number of anilines is 1. The molecule has 1 aromatic heterocycles. The molecule has 0 bridgehead atoms. The Morgan fingerprint density at radius 2 is 1.77 bits per heavy atom. The molecule has 0 atom stereocenters. The second-order valence-electron chi connectivity index (χ2n) is 6.53. The number of hydrogen-bond acceptors (Lipinski definition) is 6. The molecule has 0 unspecified atom stereocenters. The molecular weight excluding hydrogens is 448 g/mol. The van der Waals surface area contributed by atoms with Gasteiger partial charge in [-0.1, -0.05) is 30.3 Å². The van der Waals surface area contributed by atoms with Gasteiger partial charge in [-0.2, -0.15) is 10.1 Å². The first-order valence-electron chi connectivity index (χ1n) is 9.16. The van der Waals surface area contributed by atoms with Crippen LogP contribution in [0.25, 0.3) is 16.6 Å². The summed E-state index contributed by atoms with van der Waals surface area (Å²) in [5.41, 5.74) is 4.99. The van der Waals surface area contributed by atoms with Gasteiger partial charge in [0.25, 0.3) is 5.56 Å². The van der Waals surface area contributed by atoms with Crippen LogP contribution in [0.5, 0.6) is 11.5 Å². The molecule has 3 aromatic carbocycles. The molecule has 0 spiro atoms. The van der Waals surface area contributed by atoms with Gasteiger partial charge in [-0.05, 0) is 52.3 Å². The number of aromatic nitrogens is 2. The summed E-state index contributed by atoms with van der Waals surface area (Å²) in [7, 11) is 0. The minimum absolute atomic E-state index is 0.199. The molecule has 0 radical (unpaired) electrons. The molecule has 4 aromatic rings. The third-order valence-electron chi connectivity index (χ3n) is 4.67. The summed E-state index contributed by atoms with van der Waals surface area (Å²) in [4.78, 5) is 16.8. The van der Waals surface area contributed by atoms with Crippen molar-refractivity contribution in [3.63, 3.8) is 0 Å². The Labute approximate surface area is 179 Å². The maximum Gasteiger partial charge on any atom is 0.282 e. The lowest BCUT2D eigenvalue weighted by atomic mass is 10.2. The van der Waals surface area contributed by atoms with Crippen LogP contribution in [0.3, 0.4) is 0 Å². The average Bonchev–Trinajstić information content (AvgIpc) is 3.22. The van der Waals surface area contributed by atoms with Gasteiger partial charge in [0.1, 0.15) is 0 Å². The summed E-state index contributed by atoms with van der Waals surface area (Å²) < 4.78 is 13.5. The highest BCUT2D eigenvalue weighted by atomic mass is 79.9. The van der Waals surface area contributed by atoms with Crippen LogP contribution in [0.2, 0.25) is 0 Å². The van der Waals surface area contributed by atoms with Crippen LogP contribution in [-0.2, 0) is 0 Å². The lowest BCUT2D eigenvalue weighted by Gasteiger charge is -2.15. The van der Waals surface area contributed by atoms with E-state index in [4.69, 9.17) is 9.47 Å². The van der Waals surface area contributed by atoms with E-state index in [0.29, 0.717) is 22.8 Å². The summed E-state index contributed by atoms with van der Waals surface area (Å²) in [6, 6.07) is 20.7. The highest BCUT2D eigenvalue weighted by Gasteiger charge is 2.16. The number of halogens is 1. The fourth-order valence-corrected chi connectivity index (χ4v) is 3.70. The number of nitrogens with zero attached hydrogens (tertiary/aromatic N) is 3. The minimum atomic E-state index is -0.320. The third kappa shape index (κ3) is 3.31. The lowest BCUT2D eigenvalue weighted by molar-refractivity contribution is 0.174. The third-order valence-corrected chi connectivity index (χ3v) is 5.36. The zero-order valence-corrected chi connectivity index (χ0v) is 17.2. The average molecular weight is 463 g/mol. The second kappa shape index (κ2) is 7.64. The van der Waals surface area contributed by atoms with Crippen LogP contribution in [-0.4, -0.2) is 22.6 Å². The first kappa shape index (κ1) is 18.4. The van der Waals surface area contributed by atoms with Crippen molar-refractivity contribution in [3.05, 3.63) is 87.1 Å². The van der Waals surface area contributed by atoms with Gasteiger partial charge in [-0.3, -0.25) is 9.36 Å². The molecule has 5 rings (SSSR count). The van der Waals surface area contributed by atoms with Gasteiger partial charge in [0, 0.05) is 15.7 Å². The molecule has 0 aliphatic carbocycles. The summed E-state index contributed by atoms with van der Waals surface area (Å²) in [6.45, 7) is 0.199.